The third-order valence-corrected chi connectivity index (χ3v) is 3.18. The molecule has 0 radical (unpaired) electrons. The van der Waals surface area contributed by atoms with Gasteiger partial charge in [0.2, 0.25) is 0 Å². The normalized spacial score (nSPS) is 12.5. The summed E-state index contributed by atoms with van der Waals surface area (Å²) in [6.45, 7) is 4.57. The zero-order valence-corrected chi connectivity index (χ0v) is 11.7. The van der Waals surface area contributed by atoms with E-state index in [9.17, 15) is 4.79 Å². The average molecular weight is 300 g/mol. The first-order chi connectivity index (χ1) is 8.04. The summed E-state index contributed by atoms with van der Waals surface area (Å²) in [6, 6.07) is 7.69. The number of nitrogens with two attached hydrogens (primary N) is 1. The Morgan fingerprint density at radius 3 is 2.41 bits per heavy atom. The van der Waals surface area contributed by atoms with Crippen molar-refractivity contribution in [2.45, 2.75) is 20.5 Å². The van der Waals surface area contributed by atoms with E-state index >= 15 is 0 Å². The van der Waals surface area contributed by atoms with Crippen LogP contribution in [-0.4, -0.2) is 12.5 Å². The third kappa shape index (κ3) is 4.48. The Morgan fingerprint density at radius 2 is 1.94 bits per heavy atom. The zero-order valence-electron chi connectivity index (χ0n) is 10.2. The van der Waals surface area contributed by atoms with Gasteiger partial charge in [0.05, 0.1) is 5.92 Å². The zero-order chi connectivity index (χ0) is 12.8. The minimum atomic E-state index is -0.217. The van der Waals surface area contributed by atoms with Gasteiger partial charge in [0.1, 0.15) is 6.61 Å². The molecule has 0 heterocycles. The summed E-state index contributed by atoms with van der Waals surface area (Å²) in [5.41, 5.74) is 6.53. The van der Waals surface area contributed by atoms with Crippen LogP contribution in [0.3, 0.4) is 0 Å². The summed E-state index contributed by atoms with van der Waals surface area (Å²) < 4.78 is 6.26. The second-order valence-electron chi connectivity index (χ2n) is 4.32. The highest BCUT2D eigenvalue weighted by atomic mass is 79.9. The van der Waals surface area contributed by atoms with E-state index in [0.717, 1.165) is 10.0 Å². The first-order valence-electron chi connectivity index (χ1n) is 5.65. The highest BCUT2D eigenvalue weighted by Gasteiger charge is 2.21. The minimum absolute atomic E-state index is 0.206. The van der Waals surface area contributed by atoms with E-state index in [0.29, 0.717) is 13.2 Å². The highest BCUT2D eigenvalue weighted by molar-refractivity contribution is 9.10. The Hall–Kier alpha value is -0.870. The van der Waals surface area contributed by atoms with Crippen LogP contribution in [0.25, 0.3) is 0 Å². The summed E-state index contributed by atoms with van der Waals surface area (Å²) in [4.78, 5) is 11.7. The Balaban J connectivity index is 2.50. The van der Waals surface area contributed by atoms with E-state index in [-0.39, 0.29) is 17.8 Å². The van der Waals surface area contributed by atoms with Crippen LogP contribution in [0.5, 0.6) is 0 Å². The number of rotatable bonds is 5. The lowest BCUT2D eigenvalue weighted by Crippen LogP contribution is -2.29. The highest BCUT2D eigenvalue weighted by Crippen LogP contribution is 2.14. The smallest absolute Gasteiger partial charge is 0.310 e. The number of halogens is 1. The van der Waals surface area contributed by atoms with Crippen LogP contribution >= 0.6 is 15.9 Å². The number of esters is 1. The number of benzene rings is 1. The maximum Gasteiger partial charge on any atom is 0.310 e. The fourth-order valence-corrected chi connectivity index (χ4v) is 1.75. The molecule has 17 heavy (non-hydrogen) atoms. The molecule has 1 aromatic carbocycles. The van der Waals surface area contributed by atoms with Gasteiger partial charge in [0.15, 0.2) is 0 Å². The molecule has 94 valence electrons. The second-order valence-corrected chi connectivity index (χ2v) is 5.24. The van der Waals surface area contributed by atoms with Crippen molar-refractivity contribution in [1.29, 1.82) is 0 Å². The van der Waals surface area contributed by atoms with Gasteiger partial charge in [0, 0.05) is 11.0 Å². The molecule has 3 nitrogen and oxygen atoms in total. The molecule has 0 bridgehead atoms. The van der Waals surface area contributed by atoms with Crippen molar-refractivity contribution >= 4 is 21.9 Å². The van der Waals surface area contributed by atoms with E-state index in [1.807, 2.05) is 38.1 Å². The summed E-state index contributed by atoms with van der Waals surface area (Å²) in [6.07, 6.45) is 0. The lowest BCUT2D eigenvalue weighted by Gasteiger charge is -2.17. The molecule has 1 unspecified atom stereocenters. The van der Waals surface area contributed by atoms with Crippen LogP contribution < -0.4 is 5.73 Å². The molecular weight excluding hydrogens is 282 g/mol. The average Bonchev–Trinajstić information content (AvgIpc) is 2.28. The van der Waals surface area contributed by atoms with Gasteiger partial charge in [0.25, 0.3) is 0 Å². The van der Waals surface area contributed by atoms with Crippen LogP contribution in [0.15, 0.2) is 28.7 Å². The van der Waals surface area contributed by atoms with E-state index < -0.39 is 0 Å². The Labute approximate surface area is 110 Å². The van der Waals surface area contributed by atoms with Gasteiger partial charge >= 0.3 is 5.97 Å². The van der Waals surface area contributed by atoms with Crippen LogP contribution in [0.1, 0.15) is 19.4 Å². The predicted molar refractivity (Wildman–Crippen MR) is 71.3 cm³/mol. The molecule has 0 saturated heterocycles. The van der Waals surface area contributed by atoms with Crippen LogP contribution in [-0.2, 0) is 16.1 Å². The van der Waals surface area contributed by atoms with Gasteiger partial charge in [-0.05, 0) is 23.6 Å². The van der Waals surface area contributed by atoms with Crippen LogP contribution in [0, 0.1) is 11.8 Å². The molecule has 0 aliphatic rings. The number of ether oxygens (including phenoxy) is 1. The van der Waals surface area contributed by atoms with Gasteiger partial charge in [-0.25, -0.2) is 0 Å². The maximum absolute atomic E-state index is 11.7. The first kappa shape index (κ1) is 14.2. The van der Waals surface area contributed by atoms with Gasteiger partial charge in [-0.15, -0.1) is 0 Å². The summed E-state index contributed by atoms with van der Waals surface area (Å²) >= 11 is 3.35. The van der Waals surface area contributed by atoms with E-state index in [1.54, 1.807) is 0 Å². The second kappa shape index (κ2) is 6.77. The maximum atomic E-state index is 11.7. The van der Waals surface area contributed by atoms with E-state index in [1.165, 1.54) is 0 Å². The fourth-order valence-electron chi connectivity index (χ4n) is 1.48. The molecule has 0 aliphatic heterocycles. The Morgan fingerprint density at radius 1 is 1.35 bits per heavy atom. The van der Waals surface area contributed by atoms with Crippen molar-refractivity contribution in [1.82, 2.24) is 0 Å². The molecule has 0 aromatic heterocycles. The van der Waals surface area contributed by atoms with E-state index in [4.69, 9.17) is 10.5 Å². The molecule has 0 aliphatic carbocycles. The lowest BCUT2D eigenvalue weighted by molar-refractivity contribution is -0.151. The molecule has 4 heteroatoms. The van der Waals surface area contributed by atoms with Gasteiger partial charge < -0.3 is 10.5 Å². The summed E-state index contributed by atoms with van der Waals surface area (Å²) in [5.74, 6) is -0.228. The number of hydrogen-bond donors (Lipinski definition) is 1. The van der Waals surface area contributed by atoms with Crippen molar-refractivity contribution in [3.05, 3.63) is 34.3 Å². The quantitative estimate of drug-likeness (QED) is 0.851. The third-order valence-electron chi connectivity index (χ3n) is 2.66. The molecule has 2 N–H and O–H groups in total. The standard InChI is InChI=1S/C13H18BrNO2/c1-9(2)12(7-15)13(16)17-8-10-3-5-11(14)6-4-10/h3-6,9,12H,7-8,15H2,1-2H3. The van der Waals surface area contributed by atoms with Crippen molar-refractivity contribution in [2.75, 3.05) is 6.54 Å². The van der Waals surface area contributed by atoms with Crippen molar-refractivity contribution in [2.24, 2.45) is 17.6 Å². The minimum Gasteiger partial charge on any atom is -0.461 e. The molecule has 1 aromatic rings. The van der Waals surface area contributed by atoms with Gasteiger partial charge in [-0.3, -0.25) is 4.79 Å². The van der Waals surface area contributed by atoms with Crippen molar-refractivity contribution < 1.29 is 9.53 Å². The largest absolute Gasteiger partial charge is 0.461 e. The predicted octanol–water partition coefficient (Wildman–Crippen LogP) is 2.72. The molecular formula is C13H18BrNO2. The summed E-state index contributed by atoms with van der Waals surface area (Å²) in [5, 5.41) is 0. The first-order valence-corrected chi connectivity index (χ1v) is 6.45. The molecule has 0 amide bonds. The summed E-state index contributed by atoms with van der Waals surface area (Å²) in [7, 11) is 0. The monoisotopic (exact) mass is 299 g/mol. The topological polar surface area (TPSA) is 52.3 Å². The Bertz CT molecular complexity index is 362. The van der Waals surface area contributed by atoms with Crippen molar-refractivity contribution in [3.8, 4) is 0 Å². The SMILES string of the molecule is CC(C)C(CN)C(=O)OCc1ccc(Br)cc1. The molecule has 1 rings (SSSR count). The van der Waals surface area contributed by atoms with Crippen LogP contribution in [0.4, 0.5) is 0 Å². The van der Waals surface area contributed by atoms with Crippen molar-refractivity contribution in [3.63, 3.8) is 0 Å². The lowest BCUT2D eigenvalue weighted by atomic mass is 9.96. The fraction of sp³-hybridized carbons (Fsp3) is 0.462. The van der Waals surface area contributed by atoms with Gasteiger partial charge in [-0.1, -0.05) is 41.9 Å². The number of carbonyl (C=O) groups is 1. The molecule has 0 fully saturated rings. The Kier molecular flexibility index (Phi) is 5.65. The number of hydrogen-bond acceptors (Lipinski definition) is 3. The molecule has 0 spiro atoms. The number of carbonyl (C=O) groups excluding carboxylic acids is 1. The molecule has 1 atom stereocenters. The van der Waals surface area contributed by atoms with Gasteiger partial charge in [-0.2, -0.15) is 0 Å². The van der Waals surface area contributed by atoms with Crippen LogP contribution in [0.2, 0.25) is 0 Å². The molecule has 0 saturated carbocycles. The van der Waals surface area contributed by atoms with E-state index in [2.05, 4.69) is 15.9 Å².